The van der Waals surface area contributed by atoms with Crippen LogP contribution in [0.15, 0.2) is 30.9 Å². The molecule has 2 aliphatic heterocycles. The van der Waals surface area contributed by atoms with Gasteiger partial charge in [0, 0.05) is 6.07 Å². The lowest BCUT2D eigenvalue weighted by Gasteiger charge is -2.14. The zero-order valence-electron chi connectivity index (χ0n) is 20.7. The summed E-state index contributed by atoms with van der Waals surface area (Å²) in [5.41, 5.74) is 9.43. The van der Waals surface area contributed by atoms with E-state index in [0.29, 0.717) is 12.2 Å². The Labute approximate surface area is 197 Å². The molecule has 2 heterocycles. The summed E-state index contributed by atoms with van der Waals surface area (Å²) >= 11 is 0. The number of aldehydes is 1. The Kier molecular flexibility index (Phi) is 27.3. The Bertz CT molecular complexity index is 603. The third-order valence-electron chi connectivity index (χ3n) is 3.50. The van der Waals surface area contributed by atoms with E-state index in [1.807, 2.05) is 6.92 Å². The lowest BCUT2D eigenvalue weighted by molar-refractivity contribution is -0.106. The van der Waals surface area contributed by atoms with Crippen molar-refractivity contribution in [3.63, 3.8) is 0 Å². The Hall–Kier alpha value is -2.53. The van der Waals surface area contributed by atoms with Crippen LogP contribution in [0.5, 0.6) is 5.75 Å². The van der Waals surface area contributed by atoms with Crippen LogP contribution in [0.4, 0.5) is 14.9 Å². The van der Waals surface area contributed by atoms with E-state index in [-0.39, 0.29) is 25.1 Å². The van der Waals surface area contributed by atoms with E-state index in [1.165, 1.54) is 64.0 Å². The van der Waals surface area contributed by atoms with Crippen LogP contribution in [-0.2, 0) is 9.53 Å². The summed E-state index contributed by atoms with van der Waals surface area (Å²) < 4.78 is 23.6. The van der Waals surface area contributed by atoms with Crippen LogP contribution < -0.4 is 26.4 Å². The van der Waals surface area contributed by atoms with Crippen molar-refractivity contribution in [2.45, 2.75) is 39.7 Å². The van der Waals surface area contributed by atoms with E-state index in [1.54, 1.807) is 19.1 Å². The van der Waals surface area contributed by atoms with E-state index in [9.17, 15) is 9.18 Å². The molecule has 0 aliphatic carbocycles. The Balaban J connectivity index is -0.000000493. The molecule has 0 bridgehead atoms. The van der Waals surface area contributed by atoms with Gasteiger partial charge < -0.3 is 36.2 Å². The molecule has 9 nitrogen and oxygen atoms in total. The number of hydrogen-bond acceptors (Lipinski definition) is 8. The highest BCUT2D eigenvalue weighted by molar-refractivity contribution is 5.89. The van der Waals surface area contributed by atoms with E-state index in [4.69, 9.17) is 19.4 Å². The van der Waals surface area contributed by atoms with Gasteiger partial charge in [0.05, 0.1) is 18.8 Å². The first-order chi connectivity index (χ1) is 15.9. The second-order valence-electron chi connectivity index (χ2n) is 6.09. The van der Waals surface area contributed by atoms with Gasteiger partial charge in [-0.15, -0.1) is 6.58 Å². The van der Waals surface area contributed by atoms with Crippen LogP contribution in [0, 0.1) is 5.82 Å². The summed E-state index contributed by atoms with van der Waals surface area (Å²) in [5.74, 6) is -0.526. The van der Waals surface area contributed by atoms with Crippen molar-refractivity contribution in [1.29, 1.82) is 0 Å². The molecule has 0 spiro atoms. The summed E-state index contributed by atoms with van der Waals surface area (Å²) in [6.45, 7) is 11.2. The van der Waals surface area contributed by atoms with Gasteiger partial charge in [-0.3, -0.25) is 4.90 Å². The minimum atomic E-state index is -0.576. The monoisotopic (exact) mass is 474 g/mol. The second kappa shape index (κ2) is 25.7. The fourth-order valence-corrected chi connectivity index (χ4v) is 2.37. The van der Waals surface area contributed by atoms with Crippen LogP contribution in [0.2, 0.25) is 0 Å². The molecule has 6 N–H and O–H groups in total. The minimum absolute atomic E-state index is 0.0268. The molecule has 33 heavy (non-hydrogen) atoms. The van der Waals surface area contributed by atoms with E-state index >= 15 is 0 Å². The van der Waals surface area contributed by atoms with Gasteiger partial charge in [0.25, 0.3) is 0 Å². The van der Waals surface area contributed by atoms with Crippen molar-refractivity contribution in [2.24, 2.45) is 11.5 Å². The van der Waals surface area contributed by atoms with Crippen molar-refractivity contribution >= 4 is 18.1 Å². The van der Waals surface area contributed by atoms with Gasteiger partial charge in [-0.25, -0.2) is 9.18 Å². The van der Waals surface area contributed by atoms with Crippen molar-refractivity contribution in [3.05, 3.63) is 36.7 Å². The highest BCUT2D eigenvalue weighted by Gasteiger charge is 2.29. The number of nitrogens with one attached hydrogen (secondary N) is 1. The zero-order valence-corrected chi connectivity index (χ0v) is 20.7. The Morgan fingerprint density at radius 1 is 1.27 bits per heavy atom. The maximum atomic E-state index is 13.7. The smallest absolute Gasteiger partial charge is 0.414 e. The molecule has 3 rings (SSSR count). The van der Waals surface area contributed by atoms with Gasteiger partial charge in [0.2, 0.25) is 0 Å². The number of carbonyl (C=O) groups excluding carboxylic acids is 2. The van der Waals surface area contributed by atoms with Crippen molar-refractivity contribution in [2.75, 3.05) is 51.8 Å². The third kappa shape index (κ3) is 17.7. The molecule has 2 aliphatic rings. The molecule has 1 amide bonds. The predicted octanol–water partition coefficient (Wildman–Crippen LogP) is 2.46. The molecule has 0 radical (unpaired) electrons. The summed E-state index contributed by atoms with van der Waals surface area (Å²) in [7, 11) is 3.00. The number of nitrogens with zero attached hydrogens (tertiary/aromatic N) is 1. The van der Waals surface area contributed by atoms with E-state index < -0.39 is 11.9 Å². The molecule has 10 heteroatoms. The summed E-state index contributed by atoms with van der Waals surface area (Å²) in [4.78, 5) is 21.6. The molecule has 2 saturated heterocycles. The normalized spacial score (nSPS) is 15.1. The molecule has 1 aromatic carbocycles. The quantitative estimate of drug-likeness (QED) is 0.385. The number of aliphatic hydroxyl groups excluding tert-OH is 1. The number of allylic oxidation sites excluding steroid dienone is 1. The first kappa shape index (κ1) is 35.1. The number of ether oxygens (including phenoxy) is 2. The molecule has 1 aromatic rings. The highest BCUT2D eigenvalue weighted by atomic mass is 19.1. The largest absolute Gasteiger partial charge is 0.488 e. The van der Waals surface area contributed by atoms with Crippen molar-refractivity contribution in [1.82, 2.24) is 5.32 Å². The van der Waals surface area contributed by atoms with Gasteiger partial charge in [0.15, 0.2) is 11.6 Å². The predicted molar refractivity (Wildman–Crippen MR) is 132 cm³/mol. The Morgan fingerprint density at radius 3 is 2.12 bits per heavy atom. The number of benzene rings is 1. The van der Waals surface area contributed by atoms with Gasteiger partial charge in [-0.05, 0) is 72.9 Å². The molecule has 192 valence electrons. The lowest BCUT2D eigenvalue weighted by Crippen LogP contribution is -2.24. The number of hydrogen-bond donors (Lipinski definition) is 4. The molecule has 0 saturated carbocycles. The maximum Gasteiger partial charge on any atom is 0.414 e. The van der Waals surface area contributed by atoms with E-state index in [2.05, 4.69) is 23.4 Å². The number of anilines is 1. The topological polar surface area (TPSA) is 140 Å². The SMILES string of the molecule is C1CCNC1.C=CC.CC1CN(c2ccc(OCCO)c(F)c2)C(=O)O1.CC=O.CN.CN. The van der Waals surface area contributed by atoms with Crippen LogP contribution in [0.25, 0.3) is 0 Å². The van der Waals surface area contributed by atoms with Gasteiger partial charge >= 0.3 is 6.09 Å². The average Bonchev–Trinajstić information content (AvgIpc) is 3.50. The average molecular weight is 475 g/mol. The molecular weight excluding hydrogens is 431 g/mol. The van der Waals surface area contributed by atoms with Crippen LogP contribution >= 0.6 is 0 Å². The fourth-order valence-electron chi connectivity index (χ4n) is 2.37. The second-order valence-corrected chi connectivity index (χ2v) is 6.09. The van der Waals surface area contributed by atoms with Crippen LogP contribution in [0.3, 0.4) is 0 Å². The van der Waals surface area contributed by atoms with Gasteiger partial charge in [0.1, 0.15) is 19.0 Å². The standard InChI is InChI=1S/C12H14FNO4.C4H9N.C3H6.C2H4O.2CH5N/c1-8-7-14(12(16)18-8)9-2-3-11(10(13)6-9)17-5-4-15;1-2-4-5-3-1;1-3-2;1-2-3;2*1-2/h2-3,6,8,15H,4-5,7H2,1H3;5H,1-4H2;3H,1H2,2H3;2H,1H3;2*2H2,1H3. The first-order valence-corrected chi connectivity index (χ1v) is 10.8. The number of nitrogens with two attached hydrogens (primary N) is 2. The summed E-state index contributed by atoms with van der Waals surface area (Å²) in [6, 6.07) is 4.22. The number of amides is 1. The number of halogens is 1. The number of aliphatic hydroxyl groups is 1. The van der Waals surface area contributed by atoms with Gasteiger partial charge in [-0.1, -0.05) is 6.08 Å². The highest BCUT2D eigenvalue weighted by Crippen LogP contribution is 2.26. The molecule has 1 unspecified atom stereocenters. The number of carbonyl (C=O) groups is 2. The van der Waals surface area contributed by atoms with E-state index in [0.717, 1.165) is 6.29 Å². The molecular formula is C23H43FN4O5. The third-order valence-corrected chi connectivity index (χ3v) is 3.50. The minimum Gasteiger partial charge on any atom is -0.488 e. The molecule has 0 aromatic heterocycles. The van der Waals surface area contributed by atoms with Gasteiger partial charge in [-0.2, -0.15) is 0 Å². The molecule has 1 atom stereocenters. The maximum absolute atomic E-state index is 13.7. The lowest BCUT2D eigenvalue weighted by atomic mass is 10.2. The van der Waals surface area contributed by atoms with Crippen LogP contribution in [-0.4, -0.2) is 70.5 Å². The molecule has 2 fully saturated rings. The fraction of sp³-hybridized carbons (Fsp3) is 0.565. The summed E-state index contributed by atoms with van der Waals surface area (Å²) in [6.07, 6.45) is 4.59. The number of rotatable bonds is 4. The first-order valence-electron chi connectivity index (χ1n) is 10.8. The van der Waals surface area contributed by atoms with Crippen molar-refractivity contribution in [3.8, 4) is 5.75 Å². The van der Waals surface area contributed by atoms with Crippen LogP contribution in [0.1, 0.15) is 33.6 Å². The summed E-state index contributed by atoms with van der Waals surface area (Å²) in [5, 5.41) is 11.8. The number of cyclic esters (lactones) is 1. The van der Waals surface area contributed by atoms with Crippen molar-refractivity contribution < 1.29 is 28.6 Å². The zero-order chi connectivity index (χ0) is 26.1. The Morgan fingerprint density at radius 2 is 1.79 bits per heavy atom.